The molecule has 0 aromatic carbocycles. The molecule has 2 atom stereocenters. The topological polar surface area (TPSA) is 69.6 Å². The zero-order chi connectivity index (χ0) is 39.3. The molecule has 2 unspecified atom stereocenters. The Morgan fingerprint density at radius 1 is 0.426 bits per heavy atom. The molecule has 4 heteroatoms. The maximum Gasteiger partial charge on any atom is 0.220 e. The van der Waals surface area contributed by atoms with E-state index in [1.54, 1.807) is 6.08 Å². The molecule has 54 heavy (non-hydrogen) atoms. The van der Waals surface area contributed by atoms with E-state index >= 15 is 0 Å². The van der Waals surface area contributed by atoms with Crippen LogP contribution in [0, 0.1) is 0 Å². The van der Waals surface area contributed by atoms with Gasteiger partial charge in [-0.05, 0) is 44.9 Å². The van der Waals surface area contributed by atoms with E-state index in [2.05, 4.69) is 31.3 Å². The fourth-order valence-electron chi connectivity index (χ4n) is 7.65. The van der Waals surface area contributed by atoms with Gasteiger partial charge >= 0.3 is 0 Å². The SMILES string of the molecule is CCCCCCCCCCCCC/C=C\CCCCCCCCCC(=O)NC(CO)C(O)/C=C/CCCCCCCCCCCCCCCCCCCC. The van der Waals surface area contributed by atoms with Gasteiger partial charge in [0.15, 0.2) is 0 Å². The van der Waals surface area contributed by atoms with Crippen LogP contribution in [0.4, 0.5) is 0 Å². The number of allylic oxidation sites excluding steroid dienone is 3. The van der Waals surface area contributed by atoms with Crippen molar-refractivity contribution >= 4 is 5.91 Å². The quantitative estimate of drug-likeness (QED) is 0.0428. The van der Waals surface area contributed by atoms with Crippen LogP contribution in [0.5, 0.6) is 0 Å². The first-order valence-corrected chi connectivity index (χ1v) is 24.6. The lowest BCUT2D eigenvalue weighted by Gasteiger charge is -2.20. The molecule has 0 bridgehead atoms. The number of unbranched alkanes of at least 4 members (excludes halogenated alkanes) is 36. The van der Waals surface area contributed by atoms with E-state index in [0.717, 1.165) is 25.7 Å². The molecule has 0 fully saturated rings. The second kappa shape index (κ2) is 46.3. The van der Waals surface area contributed by atoms with Crippen LogP contribution in [-0.4, -0.2) is 34.9 Å². The fourth-order valence-corrected chi connectivity index (χ4v) is 7.65. The summed E-state index contributed by atoms with van der Waals surface area (Å²) in [4.78, 5) is 12.4. The van der Waals surface area contributed by atoms with Crippen LogP contribution in [0.2, 0.25) is 0 Å². The summed E-state index contributed by atoms with van der Waals surface area (Å²) in [6.07, 6.45) is 60.2. The van der Waals surface area contributed by atoms with Crippen molar-refractivity contribution in [1.82, 2.24) is 5.32 Å². The number of carbonyl (C=O) groups excluding carboxylic acids is 1. The maximum atomic E-state index is 12.4. The molecular formula is C50H97NO3. The zero-order valence-electron chi connectivity index (χ0n) is 36.8. The van der Waals surface area contributed by atoms with Crippen molar-refractivity contribution in [3.63, 3.8) is 0 Å². The van der Waals surface area contributed by atoms with Gasteiger partial charge in [-0.1, -0.05) is 244 Å². The molecule has 0 aliphatic carbocycles. The largest absolute Gasteiger partial charge is 0.394 e. The van der Waals surface area contributed by atoms with Crippen molar-refractivity contribution in [3.05, 3.63) is 24.3 Å². The third-order valence-electron chi connectivity index (χ3n) is 11.4. The van der Waals surface area contributed by atoms with Crippen molar-refractivity contribution < 1.29 is 15.0 Å². The highest BCUT2D eigenvalue weighted by molar-refractivity contribution is 5.76. The molecule has 0 aliphatic rings. The van der Waals surface area contributed by atoms with Gasteiger partial charge in [0, 0.05) is 6.42 Å². The van der Waals surface area contributed by atoms with Crippen LogP contribution in [0.1, 0.15) is 271 Å². The number of nitrogens with one attached hydrogen (secondary N) is 1. The lowest BCUT2D eigenvalue weighted by atomic mass is 10.0. The number of hydrogen-bond acceptors (Lipinski definition) is 3. The monoisotopic (exact) mass is 760 g/mol. The molecule has 0 spiro atoms. The summed E-state index contributed by atoms with van der Waals surface area (Å²) in [6.45, 7) is 4.33. The van der Waals surface area contributed by atoms with Crippen LogP contribution in [0.3, 0.4) is 0 Å². The molecule has 0 saturated carbocycles. The van der Waals surface area contributed by atoms with Gasteiger partial charge in [0.05, 0.1) is 18.8 Å². The molecule has 4 nitrogen and oxygen atoms in total. The minimum absolute atomic E-state index is 0.0649. The van der Waals surface area contributed by atoms with Gasteiger partial charge in [-0.3, -0.25) is 4.79 Å². The van der Waals surface area contributed by atoms with Crippen molar-refractivity contribution in [2.24, 2.45) is 0 Å². The summed E-state index contributed by atoms with van der Waals surface area (Å²) in [5.41, 5.74) is 0. The summed E-state index contributed by atoms with van der Waals surface area (Å²) < 4.78 is 0. The van der Waals surface area contributed by atoms with E-state index in [-0.39, 0.29) is 12.5 Å². The van der Waals surface area contributed by atoms with E-state index in [4.69, 9.17) is 0 Å². The zero-order valence-corrected chi connectivity index (χ0v) is 36.8. The van der Waals surface area contributed by atoms with Gasteiger partial charge in [-0.25, -0.2) is 0 Å². The Morgan fingerprint density at radius 3 is 1.02 bits per heavy atom. The van der Waals surface area contributed by atoms with Gasteiger partial charge in [0.2, 0.25) is 5.91 Å². The lowest BCUT2D eigenvalue weighted by Crippen LogP contribution is -2.45. The minimum Gasteiger partial charge on any atom is -0.394 e. The molecule has 0 radical (unpaired) electrons. The molecular weight excluding hydrogens is 663 g/mol. The number of aliphatic hydroxyl groups excluding tert-OH is 2. The first-order chi connectivity index (χ1) is 26.7. The first kappa shape index (κ1) is 52.9. The fraction of sp³-hybridized carbons (Fsp3) is 0.900. The van der Waals surface area contributed by atoms with Gasteiger partial charge < -0.3 is 15.5 Å². The highest BCUT2D eigenvalue weighted by atomic mass is 16.3. The Balaban J connectivity index is 3.53. The average molecular weight is 760 g/mol. The van der Waals surface area contributed by atoms with Crippen molar-refractivity contribution in [3.8, 4) is 0 Å². The highest BCUT2D eigenvalue weighted by Gasteiger charge is 2.18. The van der Waals surface area contributed by atoms with E-state index in [9.17, 15) is 15.0 Å². The summed E-state index contributed by atoms with van der Waals surface area (Å²) in [6, 6.07) is -0.622. The molecule has 0 aromatic rings. The summed E-state index contributed by atoms with van der Waals surface area (Å²) >= 11 is 0. The molecule has 1 amide bonds. The highest BCUT2D eigenvalue weighted by Crippen LogP contribution is 2.16. The van der Waals surface area contributed by atoms with Crippen molar-refractivity contribution in [2.75, 3.05) is 6.61 Å². The third-order valence-corrected chi connectivity index (χ3v) is 11.4. The van der Waals surface area contributed by atoms with E-state index in [1.165, 1.54) is 225 Å². The molecule has 0 aromatic heterocycles. The van der Waals surface area contributed by atoms with Gasteiger partial charge in [-0.15, -0.1) is 0 Å². The van der Waals surface area contributed by atoms with Crippen LogP contribution in [0.15, 0.2) is 24.3 Å². The third kappa shape index (κ3) is 42.0. The summed E-state index contributed by atoms with van der Waals surface area (Å²) in [5, 5.41) is 23.1. The number of carbonyl (C=O) groups is 1. The van der Waals surface area contributed by atoms with Crippen molar-refractivity contribution in [1.29, 1.82) is 0 Å². The molecule has 0 aliphatic heterocycles. The molecule has 320 valence electrons. The summed E-state index contributed by atoms with van der Waals surface area (Å²) in [5.74, 6) is -0.0649. The smallest absolute Gasteiger partial charge is 0.220 e. The van der Waals surface area contributed by atoms with E-state index in [1.807, 2.05) is 6.08 Å². The van der Waals surface area contributed by atoms with Gasteiger partial charge in [0.25, 0.3) is 0 Å². The predicted molar refractivity (Wildman–Crippen MR) is 239 cm³/mol. The number of aliphatic hydroxyl groups is 2. The van der Waals surface area contributed by atoms with E-state index in [0.29, 0.717) is 6.42 Å². The molecule has 0 saturated heterocycles. The molecule has 0 rings (SSSR count). The second-order valence-corrected chi connectivity index (χ2v) is 16.9. The van der Waals surface area contributed by atoms with Gasteiger partial charge in [-0.2, -0.15) is 0 Å². The van der Waals surface area contributed by atoms with E-state index < -0.39 is 12.1 Å². The number of rotatable bonds is 45. The average Bonchev–Trinajstić information content (AvgIpc) is 3.18. The Bertz CT molecular complexity index is 780. The van der Waals surface area contributed by atoms with Crippen LogP contribution in [-0.2, 0) is 4.79 Å². The maximum absolute atomic E-state index is 12.4. The number of hydrogen-bond donors (Lipinski definition) is 3. The number of amides is 1. The van der Waals surface area contributed by atoms with Crippen LogP contribution >= 0.6 is 0 Å². The Morgan fingerprint density at radius 2 is 0.704 bits per heavy atom. The van der Waals surface area contributed by atoms with Gasteiger partial charge in [0.1, 0.15) is 0 Å². The molecule has 3 N–H and O–H groups in total. The van der Waals surface area contributed by atoms with Crippen LogP contribution in [0.25, 0.3) is 0 Å². The second-order valence-electron chi connectivity index (χ2n) is 16.9. The standard InChI is InChI=1S/C50H97NO3/c1-3-5-7-9-11-13-15-17-19-21-23-25-26-28-30-32-34-36-38-40-42-44-46-50(54)51-48(47-52)49(53)45-43-41-39-37-35-33-31-29-27-24-22-20-18-16-14-12-10-8-6-4-2/h26,28,43,45,48-49,52-53H,3-25,27,29-42,44,46-47H2,1-2H3,(H,51,54)/b28-26-,45-43+. The Kier molecular flexibility index (Phi) is 45.3. The summed E-state index contributed by atoms with van der Waals surface area (Å²) in [7, 11) is 0. The minimum atomic E-state index is -0.839. The molecule has 0 heterocycles. The van der Waals surface area contributed by atoms with Crippen molar-refractivity contribution in [2.45, 2.75) is 283 Å². The normalized spacial score (nSPS) is 13.0. The first-order valence-electron chi connectivity index (χ1n) is 24.6. The Hall–Kier alpha value is -1.13. The predicted octanol–water partition coefficient (Wildman–Crippen LogP) is 15.6. The Labute approximate surface area is 339 Å². The lowest BCUT2D eigenvalue weighted by molar-refractivity contribution is -0.123. The van der Waals surface area contributed by atoms with Crippen LogP contribution < -0.4 is 5.32 Å².